The molecule has 1 amide bonds. The van der Waals surface area contributed by atoms with E-state index < -0.39 is 0 Å². The predicted molar refractivity (Wildman–Crippen MR) is 79.9 cm³/mol. The molecule has 0 atom stereocenters. The van der Waals surface area contributed by atoms with Crippen LogP contribution in [0.5, 0.6) is 0 Å². The Labute approximate surface area is 119 Å². The van der Waals surface area contributed by atoms with E-state index >= 15 is 0 Å². The molecule has 102 valence electrons. The molecule has 0 aromatic heterocycles. The predicted octanol–water partition coefficient (Wildman–Crippen LogP) is 2.74. The van der Waals surface area contributed by atoms with Crippen molar-refractivity contribution in [1.29, 1.82) is 0 Å². The lowest BCUT2D eigenvalue weighted by Gasteiger charge is -2.15. The fourth-order valence-corrected chi connectivity index (χ4v) is 2.67. The van der Waals surface area contributed by atoms with Crippen molar-refractivity contribution in [2.75, 3.05) is 5.73 Å². The summed E-state index contributed by atoms with van der Waals surface area (Å²) in [5.74, 6) is 0.199. The number of nitrogen functional groups attached to an aromatic ring is 1. The summed E-state index contributed by atoms with van der Waals surface area (Å²) in [6.45, 7) is 1.47. The molecular formula is C17H18N2O. The van der Waals surface area contributed by atoms with Crippen molar-refractivity contribution in [3.05, 3.63) is 65.2 Å². The molecule has 2 aromatic carbocycles. The number of aryl methyl sites for hydroxylation is 1. The van der Waals surface area contributed by atoms with Crippen LogP contribution in [0.3, 0.4) is 0 Å². The highest BCUT2D eigenvalue weighted by Crippen LogP contribution is 2.23. The molecule has 1 heterocycles. The monoisotopic (exact) mass is 266 g/mol. The maximum Gasteiger partial charge on any atom is 0.223 e. The summed E-state index contributed by atoms with van der Waals surface area (Å²) in [6, 6.07) is 16.0. The van der Waals surface area contributed by atoms with Gasteiger partial charge in [0, 0.05) is 25.2 Å². The van der Waals surface area contributed by atoms with E-state index in [9.17, 15) is 4.79 Å². The third-order valence-electron chi connectivity index (χ3n) is 3.86. The molecular weight excluding hydrogens is 248 g/mol. The van der Waals surface area contributed by atoms with Gasteiger partial charge < -0.3 is 10.6 Å². The van der Waals surface area contributed by atoms with Gasteiger partial charge in [-0.25, -0.2) is 0 Å². The van der Waals surface area contributed by atoms with Gasteiger partial charge in [-0.15, -0.1) is 0 Å². The molecule has 20 heavy (non-hydrogen) atoms. The summed E-state index contributed by atoms with van der Waals surface area (Å²) in [7, 11) is 0. The van der Waals surface area contributed by atoms with Crippen LogP contribution in [0, 0.1) is 0 Å². The van der Waals surface area contributed by atoms with Crippen LogP contribution >= 0.6 is 0 Å². The van der Waals surface area contributed by atoms with E-state index in [0.717, 1.165) is 24.3 Å². The second kappa shape index (κ2) is 5.37. The van der Waals surface area contributed by atoms with Gasteiger partial charge in [-0.3, -0.25) is 4.79 Å². The highest BCUT2D eigenvalue weighted by atomic mass is 16.2. The van der Waals surface area contributed by atoms with Gasteiger partial charge in [0.25, 0.3) is 0 Å². The number of para-hydroxylation sites is 1. The van der Waals surface area contributed by atoms with Crippen LogP contribution < -0.4 is 5.73 Å². The number of rotatable bonds is 3. The first-order chi connectivity index (χ1) is 9.74. The number of fused-ring (bicyclic) bond motifs is 1. The fourth-order valence-electron chi connectivity index (χ4n) is 2.67. The molecule has 0 aliphatic carbocycles. The number of carbonyl (C=O) groups is 1. The second-order valence-electron chi connectivity index (χ2n) is 5.22. The number of hydrogen-bond acceptors (Lipinski definition) is 2. The summed E-state index contributed by atoms with van der Waals surface area (Å²) in [5, 5.41) is 0. The Morgan fingerprint density at radius 3 is 2.25 bits per heavy atom. The summed E-state index contributed by atoms with van der Waals surface area (Å²) >= 11 is 0. The van der Waals surface area contributed by atoms with E-state index in [1.807, 2.05) is 41.3 Å². The molecule has 2 aromatic rings. The molecule has 1 aliphatic heterocycles. The zero-order valence-electron chi connectivity index (χ0n) is 11.4. The maximum absolute atomic E-state index is 12.3. The second-order valence-corrected chi connectivity index (χ2v) is 5.22. The van der Waals surface area contributed by atoms with Gasteiger partial charge in [0.05, 0.1) is 0 Å². The SMILES string of the molecule is Nc1ccccc1CCC(=O)N1Cc2ccccc2C1. The Balaban J connectivity index is 1.61. The minimum Gasteiger partial charge on any atom is -0.399 e. The summed E-state index contributed by atoms with van der Waals surface area (Å²) in [5.41, 5.74) is 10.3. The number of nitrogens with zero attached hydrogens (tertiary/aromatic N) is 1. The van der Waals surface area contributed by atoms with E-state index in [0.29, 0.717) is 12.8 Å². The Kier molecular flexibility index (Phi) is 3.42. The van der Waals surface area contributed by atoms with Crippen LogP contribution in [0.15, 0.2) is 48.5 Å². The Morgan fingerprint density at radius 1 is 1.00 bits per heavy atom. The first kappa shape index (κ1) is 12.7. The first-order valence-corrected chi connectivity index (χ1v) is 6.92. The van der Waals surface area contributed by atoms with Crippen molar-refractivity contribution in [1.82, 2.24) is 4.90 Å². The average Bonchev–Trinajstić information content (AvgIpc) is 2.90. The van der Waals surface area contributed by atoms with Gasteiger partial charge in [-0.05, 0) is 29.2 Å². The van der Waals surface area contributed by atoms with Gasteiger partial charge >= 0.3 is 0 Å². The van der Waals surface area contributed by atoms with E-state index in [1.54, 1.807) is 0 Å². The van der Waals surface area contributed by atoms with Gasteiger partial charge in [0.1, 0.15) is 0 Å². The molecule has 3 rings (SSSR count). The topological polar surface area (TPSA) is 46.3 Å². The minimum atomic E-state index is 0.199. The van der Waals surface area contributed by atoms with Gasteiger partial charge in [0.2, 0.25) is 5.91 Å². The number of amides is 1. The average molecular weight is 266 g/mol. The zero-order valence-corrected chi connectivity index (χ0v) is 11.4. The van der Waals surface area contributed by atoms with E-state index in [1.165, 1.54) is 11.1 Å². The Bertz CT molecular complexity index is 611. The molecule has 0 fully saturated rings. The number of carbonyl (C=O) groups excluding carboxylic acids is 1. The van der Waals surface area contributed by atoms with Crippen molar-refractivity contribution in [2.45, 2.75) is 25.9 Å². The lowest BCUT2D eigenvalue weighted by atomic mass is 10.1. The molecule has 2 N–H and O–H groups in total. The van der Waals surface area contributed by atoms with Gasteiger partial charge in [-0.2, -0.15) is 0 Å². The molecule has 0 unspecified atom stereocenters. The fraction of sp³-hybridized carbons (Fsp3) is 0.235. The summed E-state index contributed by atoms with van der Waals surface area (Å²) in [6.07, 6.45) is 1.22. The van der Waals surface area contributed by atoms with Crippen molar-refractivity contribution in [2.24, 2.45) is 0 Å². The van der Waals surface area contributed by atoms with Crippen molar-refractivity contribution < 1.29 is 4.79 Å². The highest BCUT2D eigenvalue weighted by Gasteiger charge is 2.22. The summed E-state index contributed by atoms with van der Waals surface area (Å²) in [4.78, 5) is 14.2. The molecule has 3 nitrogen and oxygen atoms in total. The number of anilines is 1. The van der Waals surface area contributed by atoms with Crippen LogP contribution in [-0.4, -0.2) is 10.8 Å². The van der Waals surface area contributed by atoms with Gasteiger partial charge in [0.15, 0.2) is 0 Å². The Hall–Kier alpha value is -2.29. The number of nitrogens with two attached hydrogens (primary N) is 1. The lowest BCUT2D eigenvalue weighted by molar-refractivity contribution is -0.131. The van der Waals surface area contributed by atoms with Crippen LogP contribution in [0.4, 0.5) is 5.69 Å². The zero-order chi connectivity index (χ0) is 13.9. The smallest absolute Gasteiger partial charge is 0.223 e. The van der Waals surface area contributed by atoms with E-state index in [4.69, 9.17) is 5.73 Å². The van der Waals surface area contributed by atoms with Gasteiger partial charge in [-0.1, -0.05) is 42.5 Å². The molecule has 0 saturated heterocycles. The lowest BCUT2D eigenvalue weighted by Crippen LogP contribution is -2.25. The molecule has 0 saturated carbocycles. The van der Waals surface area contributed by atoms with E-state index in [-0.39, 0.29) is 5.91 Å². The van der Waals surface area contributed by atoms with Crippen molar-refractivity contribution in [3.63, 3.8) is 0 Å². The Morgan fingerprint density at radius 2 is 1.60 bits per heavy atom. The van der Waals surface area contributed by atoms with Crippen LogP contribution in [0.2, 0.25) is 0 Å². The normalized spacial score (nSPS) is 13.3. The molecule has 1 aliphatic rings. The standard InChI is InChI=1S/C17H18N2O/c18-16-8-4-3-5-13(16)9-10-17(20)19-11-14-6-1-2-7-15(14)12-19/h1-8H,9-12,18H2. The molecule has 0 radical (unpaired) electrons. The third kappa shape index (κ3) is 2.52. The maximum atomic E-state index is 12.3. The molecule has 0 spiro atoms. The third-order valence-corrected chi connectivity index (χ3v) is 3.86. The quantitative estimate of drug-likeness (QED) is 0.868. The highest BCUT2D eigenvalue weighted by molar-refractivity contribution is 5.77. The van der Waals surface area contributed by atoms with Crippen LogP contribution in [-0.2, 0) is 24.3 Å². The van der Waals surface area contributed by atoms with Crippen LogP contribution in [0.25, 0.3) is 0 Å². The largest absolute Gasteiger partial charge is 0.399 e. The van der Waals surface area contributed by atoms with E-state index in [2.05, 4.69) is 12.1 Å². The number of hydrogen-bond donors (Lipinski definition) is 1. The van der Waals surface area contributed by atoms with Crippen LogP contribution in [0.1, 0.15) is 23.1 Å². The minimum absolute atomic E-state index is 0.199. The van der Waals surface area contributed by atoms with Crippen molar-refractivity contribution >= 4 is 11.6 Å². The van der Waals surface area contributed by atoms with Crippen molar-refractivity contribution in [3.8, 4) is 0 Å². The first-order valence-electron chi connectivity index (χ1n) is 6.92. The molecule has 3 heteroatoms. The summed E-state index contributed by atoms with van der Waals surface area (Å²) < 4.78 is 0. The molecule has 0 bridgehead atoms. The number of benzene rings is 2.